The Bertz CT molecular complexity index is 515. The molecule has 0 fully saturated rings. The Morgan fingerprint density at radius 1 is 1.24 bits per heavy atom. The summed E-state index contributed by atoms with van der Waals surface area (Å²) in [5.41, 5.74) is 0.143. The van der Waals surface area contributed by atoms with Gasteiger partial charge in [-0.25, -0.2) is 18.2 Å². The summed E-state index contributed by atoms with van der Waals surface area (Å²) in [6.07, 6.45) is 1.36. The van der Waals surface area contributed by atoms with Gasteiger partial charge in [-0.2, -0.15) is 5.10 Å². The predicted octanol–water partition coefficient (Wildman–Crippen LogP) is 1.84. The zero-order valence-corrected chi connectivity index (χ0v) is 8.91. The van der Waals surface area contributed by atoms with Crippen molar-refractivity contribution in [3.05, 3.63) is 41.7 Å². The number of benzene rings is 1. The molecule has 1 N–H and O–H groups in total. The summed E-state index contributed by atoms with van der Waals surface area (Å²) in [6.45, 7) is 0.237. The van der Waals surface area contributed by atoms with Gasteiger partial charge in [-0.15, -0.1) is 0 Å². The second-order valence-electron chi connectivity index (χ2n) is 3.41. The molecule has 0 amide bonds. The summed E-state index contributed by atoms with van der Waals surface area (Å²) in [7, 11) is 1.69. The van der Waals surface area contributed by atoms with Crippen molar-refractivity contribution in [2.45, 2.75) is 6.54 Å². The Morgan fingerprint density at radius 3 is 2.41 bits per heavy atom. The first-order valence-electron chi connectivity index (χ1n) is 4.79. The molecule has 0 radical (unpaired) electrons. The van der Waals surface area contributed by atoms with E-state index in [4.69, 9.17) is 0 Å². The number of nitrogens with one attached hydrogen (secondary N) is 1. The summed E-state index contributed by atoms with van der Waals surface area (Å²) in [4.78, 5) is 3.92. The van der Waals surface area contributed by atoms with Crippen molar-refractivity contribution < 1.29 is 13.2 Å². The average Bonchev–Trinajstić information content (AvgIpc) is 2.69. The Hall–Kier alpha value is -2.05. The third-order valence-corrected chi connectivity index (χ3v) is 2.24. The van der Waals surface area contributed by atoms with E-state index in [0.717, 1.165) is 12.1 Å². The molecule has 0 atom stereocenters. The van der Waals surface area contributed by atoms with Crippen LogP contribution in [0.1, 0.15) is 5.82 Å². The summed E-state index contributed by atoms with van der Waals surface area (Å²) >= 11 is 0. The lowest BCUT2D eigenvalue weighted by Crippen LogP contribution is -2.07. The van der Waals surface area contributed by atoms with Crippen LogP contribution in [0.3, 0.4) is 0 Å². The minimum atomic E-state index is -1.48. The van der Waals surface area contributed by atoms with E-state index in [9.17, 15) is 13.2 Å². The minimum Gasteiger partial charge on any atom is -0.378 e. The SMILES string of the molecule is Cn1ncnc1CNc1cc(F)c(F)c(F)c1. The molecule has 0 aliphatic carbocycles. The standard InChI is InChI=1S/C10H9F3N4/c1-17-9(15-5-16-17)4-14-6-2-7(11)10(13)8(12)3-6/h2-3,5,14H,4H2,1H3. The van der Waals surface area contributed by atoms with E-state index in [1.807, 2.05) is 0 Å². The molecule has 1 aromatic carbocycles. The van der Waals surface area contributed by atoms with Gasteiger partial charge in [0, 0.05) is 24.9 Å². The summed E-state index contributed by atoms with van der Waals surface area (Å²) in [5, 5.41) is 6.56. The number of rotatable bonds is 3. The Balaban J connectivity index is 2.12. The van der Waals surface area contributed by atoms with Gasteiger partial charge in [0.05, 0.1) is 6.54 Å². The van der Waals surface area contributed by atoms with Crippen molar-refractivity contribution in [3.8, 4) is 0 Å². The van der Waals surface area contributed by atoms with Gasteiger partial charge in [0.15, 0.2) is 17.5 Å². The third kappa shape index (κ3) is 2.38. The first-order chi connectivity index (χ1) is 8.08. The monoisotopic (exact) mass is 242 g/mol. The quantitative estimate of drug-likeness (QED) is 0.835. The zero-order valence-electron chi connectivity index (χ0n) is 8.91. The molecule has 0 saturated carbocycles. The highest BCUT2D eigenvalue weighted by Crippen LogP contribution is 2.17. The minimum absolute atomic E-state index is 0.143. The lowest BCUT2D eigenvalue weighted by atomic mass is 10.3. The van der Waals surface area contributed by atoms with Crippen LogP contribution in [0.25, 0.3) is 0 Å². The van der Waals surface area contributed by atoms with Crippen LogP contribution < -0.4 is 5.32 Å². The van der Waals surface area contributed by atoms with Crippen LogP contribution in [0.2, 0.25) is 0 Å². The topological polar surface area (TPSA) is 42.7 Å². The largest absolute Gasteiger partial charge is 0.378 e. The molecular weight excluding hydrogens is 233 g/mol. The molecule has 0 saturated heterocycles. The summed E-state index contributed by atoms with van der Waals surface area (Å²) < 4.78 is 40.0. The van der Waals surface area contributed by atoms with Gasteiger partial charge >= 0.3 is 0 Å². The van der Waals surface area contributed by atoms with Crippen LogP contribution in [0, 0.1) is 17.5 Å². The normalized spacial score (nSPS) is 10.6. The molecule has 0 aliphatic heterocycles. The lowest BCUT2D eigenvalue weighted by molar-refractivity contribution is 0.447. The number of halogens is 3. The van der Waals surface area contributed by atoms with Crippen molar-refractivity contribution in [3.63, 3.8) is 0 Å². The first-order valence-corrected chi connectivity index (χ1v) is 4.79. The highest BCUT2D eigenvalue weighted by atomic mass is 19.2. The Labute approximate surface area is 95.1 Å². The molecule has 0 aliphatic rings. The lowest BCUT2D eigenvalue weighted by Gasteiger charge is -2.06. The molecule has 1 aromatic heterocycles. The second-order valence-corrected chi connectivity index (χ2v) is 3.41. The van der Waals surface area contributed by atoms with E-state index >= 15 is 0 Å². The van der Waals surface area contributed by atoms with E-state index in [2.05, 4.69) is 15.4 Å². The number of aryl methyl sites for hydroxylation is 1. The smallest absolute Gasteiger partial charge is 0.194 e. The third-order valence-electron chi connectivity index (χ3n) is 2.24. The number of aromatic nitrogens is 3. The van der Waals surface area contributed by atoms with Crippen molar-refractivity contribution in [2.75, 3.05) is 5.32 Å². The molecule has 7 heteroatoms. The van der Waals surface area contributed by atoms with Crippen molar-refractivity contribution >= 4 is 5.69 Å². The van der Waals surface area contributed by atoms with Gasteiger partial charge in [0.25, 0.3) is 0 Å². The highest BCUT2D eigenvalue weighted by Gasteiger charge is 2.10. The molecule has 0 unspecified atom stereocenters. The molecular formula is C10H9F3N4. The maximum absolute atomic E-state index is 12.9. The van der Waals surface area contributed by atoms with Crippen molar-refractivity contribution in [1.29, 1.82) is 0 Å². The van der Waals surface area contributed by atoms with Gasteiger partial charge in [0.2, 0.25) is 0 Å². The number of anilines is 1. The van der Waals surface area contributed by atoms with E-state index < -0.39 is 17.5 Å². The number of hydrogen-bond acceptors (Lipinski definition) is 3. The van der Waals surface area contributed by atoms with Gasteiger partial charge in [0.1, 0.15) is 12.2 Å². The van der Waals surface area contributed by atoms with E-state index in [1.165, 1.54) is 11.0 Å². The molecule has 2 aromatic rings. The maximum Gasteiger partial charge on any atom is 0.194 e. The molecule has 4 nitrogen and oxygen atoms in total. The van der Waals surface area contributed by atoms with Crippen LogP contribution in [-0.2, 0) is 13.6 Å². The molecule has 2 rings (SSSR count). The highest BCUT2D eigenvalue weighted by molar-refractivity contribution is 5.44. The van der Waals surface area contributed by atoms with Crippen LogP contribution in [0.15, 0.2) is 18.5 Å². The zero-order chi connectivity index (χ0) is 12.4. The van der Waals surface area contributed by atoms with Crippen molar-refractivity contribution in [2.24, 2.45) is 7.05 Å². The summed E-state index contributed by atoms with van der Waals surface area (Å²) in [5.74, 6) is -3.35. The molecule has 17 heavy (non-hydrogen) atoms. The van der Waals surface area contributed by atoms with Gasteiger partial charge in [-0.3, -0.25) is 4.68 Å². The number of nitrogens with zero attached hydrogens (tertiary/aromatic N) is 3. The van der Waals surface area contributed by atoms with Crippen LogP contribution in [0.4, 0.5) is 18.9 Å². The van der Waals surface area contributed by atoms with E-state index in [1.54, 1.807) is 7.05 Å². The average molecular weight is 242 g/mol. The predicted molar refractivity (Wildman–Crippen MR) is 54.6 cm³/mol. The molecule has 0 bridgehead atoms. The Morgan fingerprint density at radius 2 is 1.88 bits per heavy atom. The fraction of sp³-hybridized carbons (Fsp3) is 0.200. The van der Waals surface area contributed by atoms with Crippen LogP contribution >= 0.6 is 0 Å². The molecule has 1 heterocycles. The molecule has 0 spiro atoms. The summed E-state index contributed by atoms with van der Waals surface area (Å²) in [6, 6.07) is 1.77. The van der Waals surface area contributed by atoms with Gasteiger partial charge in [-0.05, 0) is 0 Å². The van der Waals surface area contributed by atoms with Gasteiger partial charge < -0.3 is 5.32 Å². The van der Waals surface area contributed by atoms with Crippen LogP contribution in [-0.4, -0.2) is 14.8 Å². The first kappa shape index (κ1) is 11.4. The Kier molecular flexibility index (Phi) is 2.99. The fourth-order valence-corrected chi connectivity index (χ4v) is 1.32. The van der Waals surface area contributed by atoms with Crippen molar-refractivity contribution in [1.82, 2.24) is 14.8 Å². The second kappa shape index (κ2) is 4.44. The fourth-order valence-electron chi connectivity index (χ4n) is 1.32. The van der Waals surface area contributed by atoms with Gasteiger partial charge in [-0.1, -0.05) is 0 Å². The van der Waals surface area contributed by atoms with E-state index in [-0.39, 0.29) is 12.2 Å². The maximum atomic E-state index is 12.9. The van der Waals surface area contributed by atoms with Crippen LogP contribution in [0.5, 0.6) is 0 Å². The number of hydrogen-bond donors (Lipinski definition) is 1. The van der Waals surface area contributed by atoms with E-state index in [0.29, 0.717) is 5.82 Å². The molecule has 90 valence electrons.